The van der Waals surface area contributed by atoms with Crippen molar-refractivity contribution in [3.63, 3.8) is 0 Å². The van der Waals surface area contributed by atoms with Crippen molar-refractivity contribution in [2.45, 2.75) is 20.4 Å². The lowest BCUT2D eigenvalue weighted by molar-refractivity contribution is -0.385. The molecule has 2 amide bonds. The van der Waals surface area contributed by atoms with E-state index in [0.29, 0.717) is 29.9 Å². The van der Waals surface area contributed by atoms with E-state index in [2.05, 4.69) is 5.32 Å². The molecule has 3 N–H and O–H groups in total. The first-order valence-corrected chi connectivity index (χ1v) is 8.58. The Hall–Kier alpha value is -3.42. The summed E-state index contributed by atoms with van der Waals surface area (Å²) in [6, 6.07) is 11.1. The first-order valence-electron chi connectivity index (χ1n) is 8.58. The van der Waals surface area contributed by atoms with Crippen LogP contribution in [0.3, 0.4) is 0 Å². The van der Waals surface area contributed by atoms with Gasteiger partial charge in [0.15, 0.2) is 0 Å². The van der Waals surface area contributed by atoms with E-state index in [1.807, 2.05) is 13.8 Å². The lowest BCUT2D eigenvalue weighted by Gasteiger charge is -2.20. The molecule has 0 saturated heterocycles. The van der Waals surface area contributed by atoms with Gasteiger partial charge in [-0.2, -0.15) is 0 Å². The molecular formula is C19H22N4O4. The van der Waals surface area contributed by atoms with Gasteiger partial charge in [0.25, 0.3) is 11.6 Å². The average molecular weight is 370 g/mol. The number of nitrogens with zero attached hydrogens (tertiary/aromatic N) is 2. The number of rotatable bonds is 8. The largest absolute Gasteiger partial charge is 0.380 e. The minimum absolute atomic E-state index is 0.0718. The second-order valence-corrected chi connectivity index (χ2v) is 5.84. The molecule has 27 heavy (non-hydrogen) atoms. The van der Waals surface area contributed by atoms with Crippen LogP contribution in [-0.2, 0) is 6.54 Å². The van der Waals surface area contributed by atoms with Crippen LogP contribution in [0.5, 0.6) is 0 Å². The smallest absolute Gasteiger partial charge is 0.275 e. The van der Waals surface area contributed by atoms with Gasteiger partial charge in [-0.15, -0.1) is 0 Å². The fourth-order valence-electron chi connectivity index (χ4n) is 2.73. The summed E-state index contributed by atoms with van der Waals surface area (Å²) in [5.41, 5.74) is 6.52. The van der Waals surface area contributed by atoms with E-state index in [9.17, 15) is 19.7 Å². The van der Waals surface area contributed by atoms with Crippen LogP contribution in [0.15, 0.2) is 42.5 Å². The van der Waals surface area contributed by atoms with Crippen molar-refractivity contribution in [3.8, 4) is 0 Å². The summed E-state index contributed by atoms with van der Waals surface area (Å²) in [5.74, 6) is -0.838. The van der Waals surface area contributed by atoms with Crippen LogP contribution in [0.2, 0.25) is 0 Å². The summed E-state index contributed by atoms with van der Waals surface area (Å²) in [4.78, 5) is 36.4. The van der Waals surface area contributed by atoms with E-state index in [1.165, 1.54) is 12.1 Å². The van der Waals surface area contributed by atoms with Gasteiger partial charge in [-0.25, -0.2) is 0 Å². The molecule has 0 fully saturated rings. The number of hydrogen-bond donors (Lipinski definition) is 2. The van der Waals surface area contributed by atoms with E-state index < -0.39 is 10.8 Å². The highest BCUT2D eigenvalue weighted by atomic mass is 16.6. The van der Waals surface area contributed by atoms with Crippen molar-refractivity contribution in [2.75, 3.05) is 18.4 Å². The molecule has 8 heteroatoms. The van der Waals surface area contributed by atoms with Crippen molar-refractivity contribution < 1.29 is 14.5 Å². The third kappa shape index (κ3) is 4.60. The van der Waals surface area contributed by atoms with Crippen molar-refractivity contribution in [2.24, 2.45) is 5.73 Å². The summed E-state index contributed by atoms with van der Waals surface area (Å²) in [7, 11) is 0. The number of primary amides is 1. The fourth-order valence-corrected chi connectivity index (χ4v) is 2.73. The topological polar surface area (TPSA) is 119 Å². The van der Waals surface area contributed by atoms with Gasteiger partial charge < -0.3 is 16.0 Å². The molecule has 0 heterocycles. The lowest BCUT2D eigenvalue weighted by Crippen LogP contribution is -2.31. The Morgan fingerprint density at radius 3 is 2.41 bits per heavy atom. The zero-order chi connectivity index (χ0) is 20.0. The summed E-state index contributed by atoms with van der Waals surface area (Å²) in [5, 5.41) is 14.4. The number of carbonyl (C=O) groups is 2. The van der Waals surface area contributed by atoms with Gasteiger partial charge in [0.05, 0.1) is 10.5 Å². The number of para-hydroxylation sites is 1. The van der Waals surface area contributed by atoms with E-state index in [1.54, 1.807) is 29.2 Å². The van der Waals surface area contributed by atoms with Crippen LogP contribution < -0.4 is 11.1 Å². The standard InChI is InChI=1S/C19H22N4O4/c1-3-22(4-2)19(25)15-7-5-6-8-16(15)21-12-14-10-9-13(18(20)24)11-17(14)23(26)27/h5-11,21H,3-4,12H2,1-2H3,(H2,20,24). The highest BCUT2D eigenvalue weighted by Gasteiger charge is 2.19. The molecule has 0 aliphatic heterocycles. The lowest BCUT2D eigenvalue weighted by atomic mass is 10.1. The van der Waals surface area contributed by atoms with Crippen LogP contribution in [0.1, 0.15) is 40.1 Å². The third-order valence-corrected chi connectivity index (χ3v) is 4.24. The summed E-state index contributed by atoms with van der Waals surface area (Å²) < 4.78 is 0. The molecule has 0 unspecified atom stereocenters. The molecule has 0 aliphatic rings. The van der Waals surface area contributed by atoms with Crippen molar-refractivity contribution in [1.29, 1.82) is 0 Å². The van der Waals surface area contributed by atoms with Crippen LogP contribution in [0.25, 0.3) is 0 Å². The second-order valence-electron chi connectivity index (χ2n) is 5.84. The summed E-state index contributed by atoms with van der Waals surface area (Å²) in [6.07, 6.45) is 0. The number of nitrogens with two attached hydrogens (primary N) is 1. The molecule has 0 aliphatic carbocycles. The Bertz CT molecular complexity index is 863. The summed E-state index contributed by atoms with van der Waals surface area (Å²) in [6.45, 7) is 5.10. The minimum Gasteiger partial charge on any atom is -0.380 e. The zero-order valence-electron chi connectivity index (χ0n) is 15.3. The molecular weight excluding hydrogens is 348 g/mol. The summed E-state index contributed by atoms with van der Waals surface area (Å²) >= 11 is 0. The third-order valence-electron chi connectivity index (χ3n) is 4.24. The van der Waals surface area contributed by atoms with E-state index in [4.69, 9.17) is 5.73 Å². The highest BCUT2D eigenvalue weighted by molar-refractivity contribution is 5.99. The van der Waals surface area contributed by atoms with Crippen LogP contribution in [-0.4, -0.2) is 34.7 Å². The van der Waals surface area contributed by atoms with E-state index >= 15 is 0 Å². The molecule has 0 saturated carbocycles. The Morgan fingerprint density at radius 1 is 1.15 bits per heavy atom. The Balaban J connectivity index is 2.29. The molecule has 0 radical (unpaired) electrons. The molecule has 2 aromatic carbocycles. The number of nitrogens with one attached hydrogen (secondary N) is 1. The minimum atomic E-state index is -0.729. The van der Waals surface area contributed by atoms with Crippen LogP contribution in [0, 0.1) is 10.1 Å². The number of nitro groups is 1. The quantitative estimate of drug-likeness (QED) is 0.547. The first kappa shape index (κ1) is 19.9. The zero-order valence-corrected chi connectivity index (χ0v) is 15.3. The predicted octanol–water partition coefficient (Wildman–Crippen LogP) is 2.79. The Labute approximate surface area is 157 Å². The number of amides is 2. The first-order chi connectivity index (χ1) is 12.9. The maximum Gasteiger partial charge on any atom is 0.275 e. The molecule has 142 valence electrons. The van der Waals surface area contributed by atoms with Gasteiger partial charge in [0.1, 0.15) is 0 Å². The van der Waals surface area contributed by atoms with Gasteiger partial charge in [0, 0.05) is 42.5 Å². The van der Waals surface area contributed by atoms with Gasteiger partial charge in [-0.1, -0.05) is 12.1 Å². The van der Waals surface area contributed by atoms with Gasteiger partial charge in [-0.05, 0) is 38.1 Å². The van der Waals surface area contributed by atoms with E-state index in [0.717, 1.165) is 6.07 Å². The van der Waals surface area contributed by atoms with Crippen molar-refractivity contribution in [1.82, 2.24) is 4.90 Å². The van der Waals surface area contributed by atoms with Gasteiger partial charge in [-0.3, -0.25) is 19.7 Å². The second kappa shape index (κ2) is 8.79. The number of benzene rings is 2. The molecule has 2 rings (SSSR count). The predicted molar refractivity (Wildman–Crippen MR) is 103 cm³/mol. The Kier molecular flexibility index (Phi) is 6.48. The molecule has 2 aromatic rings. The van der Waals surface area contributed by atoms with Crippen molar-refractivity contribution >= 4 is 23.2 Å². The molecule has 8 nitrogen and oxygen atoms in total. The fraction of sp³-hybridized carbons (Fsp3) is 0.263. The molecule has 0 bridgehead atoms. The number of anilines is 1. The SMILES string of the molecule is CCN(CC)C(=O)c1ccccc1NCc1ccc(C(N)=O)cc1[N+](=O)[O-]. The highest BCUT2D eigenvalue weighted by Crippen LogP contribution is 2.23. The molecule has 0 spiro atoms. The van der Waals surface area contributed by atoms with Gasteiger partial charge >= 0.3 is 0 Å². The number of nitro benzene ring substituents is 1. The van der Waals surface area contributed by atoms with Gasteiger partial charge in [0.2, 0.25) is 5.91 Å². The normalized spacial score (nSPS) is 10.3. The average Bonchev–Trinajstić information content (AvgIpc) is 2.67. The Morgan fingerprint density at radius 2 is 1.81 bits per heavy atom. The van der Waals surface area contributed by atoms with Crippen molar-refractivity contribution in [3.05, 3.63) is 69.3 Å². The van der Waals surface area contributed by atoms with Crippen LogP contribution in [0.4, 0.5) is 11.4 Å². The maximum atomic E-state index is 12.7. The number of carbonyl (C=O) groups excluding carboxylic acids is 2. The maximum absolute atomic E-state index is 12.7. The molecule has 0 aromatic heterocycles. The van der Waals surface area contributed by atoms with E-state index in [-0.39, 0.29) is 23.7 Å². The molecule has 0 atom stereocenters. The monoisotopic (exact) mass is 370 g/mol. The number of hydrogen-bond acceptors (Lipinski definition) is 5. The van der Waals surface area contributed by atoms with Crippen LogP contribution >= 0.6 is 0 Å².